The molecule has 3 aromatic rings. The molecule has 5 nitrogen and oxygen atoms in total. The first-order chi connectivity index (χ1) is 12.2. The molecule has 1 unspecified atom stereocenters. The lowest BCUT2D eigenvalue weighted by Crippen LogP contribution is -2.23. The zero-order valence-electron chi connectivity index (χ0n) is 13.6. The summed E-state index contributed by atoms with van der Waals surface area (Å²) in [5.74, 6) is 0.0810. The van der Waals surface area contributed by atoms with Crippen molar-refractivity contribution in [2.75, 3.05) is 7.11 Å². The Morgan fingerprint density at radius 2 is 2.16 bits per heavy atom. The number of carbonyl (C=O) groups excluding carboxylic acids is 1. The van der Waals surface area contributed by atoms with Gasteiger partial charge in [0.05, 0.1) is 31.7 Å². The Bertz CT molecular complexity index is 849. The number of nitrogens with zero attached hydrogens (tertiary/aromatic N) is 1. The molecule has 0 radical (unpaired) electrons. The van der Waals surface area contributed by atoms with Crippen molar-refractivity contribution in [3.63, 3.8) is 0 Å². The monoisotopic (exact) mass is 356 g/mol. The highest BCUT2D eigenvalue weighted by molar-refractivity contribution is 6.30. The van der Waals surface area contributed by atoms with Crippen molar-refractivity contribution < 1.29 is 13.9 Å². The van der Waals surface area contributed by atoms with Crippen LogP contribution >= 0.6 is 11.6 Å². The molecule has 3 rings (SSSR count). The molecule has 0 saturated heterocycles. The van der Waals surface area contributed by atoms with Gasteiger partial charge in [-0.3, -0.25) is 10.3 Å². The molecule has 0 fully saturated rings. The molecular weight excluding hydrogens is 340 g/mol. The Labute approximate surface area is 150 Å². The number of aromatic nitrogens is 1. The largest absolute Gasteiger partial charge is 0.467 e. The standard InChI is InChI=1S/C19H17ClN2O3/c1-24-19(23)15-8-10-25-17(15)12-22-18(16-7-2-3-9-21-16)13-5-4-6-14(20)11-13/h2-11,18,22H,12H2,1H3. The number of halogens is 1. The van der Waals surface area contributed by atoms with Gasteiger partial charge in [0, 0.05) is 11.2 Å². The summed E-state index contributed by atoms with van der Waals surface area (Å²) in [6.45, 7) is 0.338. The third-order valence-electron chi connectivity index (χ3n) is 3.78. The number of esters is 1. The van der Waals surface area contributed by atoms with Gasteiger partial charge in [0.2, 0.25) is 0 Å². The molecule has 2 heterocycles. The lowest BCUT2D eigenvalue weighted by molar-refractivity contribution is 0.0598. The smallest absolute Gasteiger partial charge is 0.341 e. The van der Waals surface area contributed by atoms with E-state index in [2.05, 4.69) is 10.3 Å². The number of furan rings is 1. The van der Waals surface area contributed by atoms with Crippen LogP contribution in [0.25, 0.3) is 0 Å². The van der Waals surface area contributed by atoms with E-state index >= 15 is 0 Å². The molecule has 25 heavy (non-hydrogen) atoms. The van der Waals surface area contributed by atoms with E-state index in [9.17, 15) is 4.79 Å². The Hall–Kier alpha value is -2.63. The molecule has 128 valence electrons. The molecular formula is C19H17ClN2O3. The van der Waals surface area contributed by atoms with Gasteiger partial charge < -0.3 is 9.15 Å². The van der Waals surface area contributed by atoms with Gasteiger partial charge in [-0.1, -0.05) is 29.8 Å². The first-order valence-corrected chi connectivity index (χ1v) is 8.11. The van der Waals surface area contributed by atoms with Crippen LogP contribution in [0, 0.1) is 0 Å². The minimum Gasteiger partial charge on any atom is -0.467 e. The summed E-state index contributed by atoms with van der Waals surface area (Å²) in [5, 5.41) is 4.03. The van der Waals surface area contributed by atoms with Crippen molar-refractivity contribution in [2.24, 2.45) is 0 Å². The summed E-state index contributed by atoms with van der Waals surface area (Å²) in [5.41, 5.74) is 2.22. The number of hydrogen-bond acceptors (Lipinski definition) is 5. The van der Waals surface area contributed by atoms with E-state index in [1.54, 1.807) is 12.3 Å². The number of benzene rings is 1. The normalized spacial score (nSPS) is 11.9. The highest BCUT2D eigenvalue weighted by Gasteiger charge is 2.19. The third kappa shape index (κ3) is 4.07. The quantitative estimate of drug-likeness (QED) is 0.676. The Kier molecular flexibility index (Phi) is 5.48. The number of rotatable bonds is 6. The van der Waals surface area contributed by atoms with E-state index in [1.807, 2.05) is 42.5 Å². The van der Waals surface area contributed by atoms with Crippen molar-refractivity contribution in [1.29, 1.82) is 0 Å². The predicted octanol–water partition coefficient (Wildman–Crippen LogP) is 3.99. The maximum absolute atomic E-state index is 11.8. The maximum atomic E-state index is 11.8. The van der Waals surface area contributed by atoms with Crippen molar-refractivity contribution >= 4 is 17.6 Å². The molecule has 0 aliphatic rings. The number of ether oxygens (including phenoxy) is 1. The van der Waals surface area contributed by atoms with E-state index in [0.717, 1.165) is 11.3 Å². The molecule has 1 aromatic carbocycles. The van der Waals surface area contributed by atoms with Crippen LogP contribution < -0.4 is 5.32 Å². The molecule has 0 spiro atoms. The second-order valence-electron chi connectivity index (χ2n) is 5.37. The summed E-state index contributed by atoms with van der Waals surface area (Å²) in [6, 6.07) is 14.7. The third-order valence-corrected chi connectivity index (χ3v) is 4.02. The van der Waals surface area contributed by atoms with Gasteiger partial charge in [-0.15, -0.1) is 0 Å². The van der Waals surface area contributed by atoms with E-state index in [1.165, 1.54) is 13.4 Å². The topological polar surface area (TPSA) is 64.4 Å². The summed E-state index contributed by atoms with van der Waals surface area (Å²) in [4.78, 5) is 16.2. The van der Waals surface area contributed by atoms with Gasteiger partial charge >= 0.3 is 5.97 Å². The van der Waals surface area contributed by atoms with Crippen LogP contribution in [-0.4, -0.2) is 18.1 Å². The first-order valence-electron chi connectivity index (χ1n) is 7.73. The molecule has 0 aliphatic carbocycles. The molecule has 0 bridgehead atoms. The number of methoxy groups -OCH3 is 1. The molecule has 1 N–H and O–H groups in total. The summed E-state index contributed by atoms with van der Waals surface area (Å²) < 4.78 is 10.2. The number of hydrogen-bond donors (Lipinski definition) is 1. The van der Waals surface area contributed by atoms with Crippen LogP contribution in [0.1, 0.15) is 33.4 Å². The van der Waals surface area contributed by atoms with Crippen LogP contribution in [0.2, 0.25) is 5.02 Å². The highest BCUT2D eigenvalue weighted by Crippen LogP contribution is 2.24. The van der Waals surface area contributed by atoms with Crippen LogP contribution in [0.4, 0.5) is 0 Å². The van der Waals surface area contributed by atoms with Gasteiger partial charge in [-0.25, -0.2) is 4.79 Å². The molecule has 0 aliphatic heterocycles. The molecule has 0 saturated carbocycles. The summed E-state index contributed by atoms with van der Waals surface area (Å²) in [6.07, 6.45) is 3.21. The zero-order chi connectivity index (χ0) is 17.6. The lowest BCUT2D eigenvalue weighted by Gasteiger charge is -2.19. The van der Waals surface area contributed by atoms with Crippen molar-refractivity contribution in [1.82, 2.24) is 10.3 Å². The fourth-order valence-electron chi connectivity index (χ4n) is 2.59. The number of carbonyl (C=O) groups is 1. The Morgan fingerprint density at radius 1 is 1.28 bits per heavy atom. The van der Waals surface area contributed by atoms with Gasteiger partial charge in [0.25, 0.3) is 0 Å². The second-order valence-corrected chi connectivity index (χ2v) is 5.81. The minimum atomic E-state index is -0.428. The van der Waals surface area contributed by atoms with Gasteiger partial charge in [0.1, 0.15) is 11.3 Å². The van der Waals surface area contributed by atoms with Crippen LogP contribution in [0.5, 0.6) is 0 Å². The van der Waals surface area contributed by atoms with Crippen LogP contribution in [0.3, 0.4) is 0 Å². The number of nitrogens with one attached hydrogen (secondary N) is 1. The van der Waals surface area contributed by atoms with Crippen molar-refractivity contribution in [2.45, 2.75) is 12.6 Å². The van der Waals surface area contributed by atoms with Gasteiger partial charge in [0.15, 0.2) is 0 Å². The fourth-order valence-corrected chi connectivity index (χ4v) is 2.79. The highest BCUT2D eigenvalue weighted by atomic mass is 35.5. The number of pyridine rings is 1. The van der Waals surface area contributed by atoms with E-state index in [0.29, 0.717) is 22.9 Å². The lowest BCUT2D eigenvalue weighted by atomic mass is 10.0. The molecule has 2 aromatic heterocycles. The molecule has 0 amide bonds. The average molecular weight is 357 g/mol. The fraction of sp³-hybridized carbons (Fsp3) is 0.158. The van der Waals surface area contributed by atoms with Crippen molar-refractivity contribution in [3.8, 4) is 0 Å². The van der Waals surface area contributed by atoms with Crippen molar-refractivity contribution in [3.05, 3.63) is 88.6 Å². The zero-order valence-corrected chi connectivity index (χ0v) is 14.4. The average Bonchev–Trinajstić information content (AvgIpc) is 3.11. The SMILES string of the molecule is COC(=O)c1ccoc1CNC(c1cccc(Cl)c1)c1ccccn1. The van der Waals surface area contributed by atoms with Crippen LogP contribution in [0.15, 0.2) is 65.4 Å². The van der Waals surface area contributed by atoms with E-state index in [-0.39, 0.29) is 6.04 Å². The van der Waals surface area contributed by atoms with E-state index in [4.69, 9.17) is 20.8 Å². The first kappa shape index (κ1) is 17.2. The van der Waals surface area contributed by atoms with Gasteiger partial charge in [-0.2, -0.15) is 0 Å². The molecule has 6 heteroatoms. The second kappa shape index (κ2) is 7.96. The predicted molar refractivity (Wildman–Crippen MR) is 94.4 cm³/mol. The Morgan fingerprint density at radius 3 is 2.88 bits per heavy atom. The summed E-state index contributed by atoms with van der Waals surface area (Å²) >= 11 is 6.13. The summed E-state index contributed by atoms with van der Waals surface area (Å²) in [7, 11) is 1.34. The van der Waals surface area contributed by atoms with Gasteiger partial charge in [-0.05, 0) is 35.9 Å². The minimum absolute atomic E-state index is 0.199. The molecule has 1 atom stereocenters. The maximum Gasteiger partial charge on any atom is 0.341 e. The Balaban J connectivity index is 1.87. The van der Waals surface area contributed by atoms with E-state index < -0.39 is 5.97 Å². The van der Waals surface area contributed by atoms with Crippen LogP contribution in [-0.2, 0) is 11.3 Å².